The van der Waals surface area contributed by atoms with Crippen molar-refractivity contribution in [2.45, 2.75) is 12.8 Å². The minimum absolute atomic E-state index is 0.0381. The predicted octanol–water partition coefficient (Wildman–Crippen LogP) is 4.53. The molecule has 0 unspecified atom stereocenters. The van der Waals surface area contributed by atoms with Crippen LogP contribution in [0.5, 0.6) is 0 Å². The molecule has 5 heteroatoms. The van der Waals surface area contributed by atoms with Crippen LogP contribution in [0, 0.1) is 0 Å². The molecule has 1 aliphatic rings. The van der Waals surface area contributed by atoms with E-state index in [0.29, 0.717) is 12.0 Å². The lowest BCUT2D eigenvalue weighted by molar-refractivity contribution is -0.117. The number of ketones is 1. The summed E-state index contributed by atoms with van der Waals surface area (Å²) in [5, 5.41) is 1.98. The lowest BCUT2D eigenvalue weighted by atomic mass is 10.1. The highest BCUT2D eigenvalue weighted by Crippen LogP contribution is 2.23. The minimum Gasteiger partial charge on any atom is -0.312 e. The SMILES string of the molecule is O=C(/C=C/c1cc(Br)cs1)c1ccc(N2CCCC2=O)cc1. The Bertz CT molecular complexity index is 733. The van der Waals surface area contributed by atoms with Crippen LogP contribution in [0.15, 0.2) is 46.3 Å². The Morgan fingerprint density at radius 2 is 2.05 bits per heavy atom. The number of thiophene rings is 1. The van der Waals surface area contributed by atoms with Crippen LogP contribution in [0.1, 0.15) is 28.1 Å². The van der Waals surface area contributed by atoms with Gasteiger partial charge in [0.1, 0.15) is 0 Å². The number of amides is 1. The van der Waals surface area contributed by atoms with Crippen LogP contribution in [0.25, 0.3) is 6.08 Å². The van der Waals surface area contributed by atoms with Gasteiger partial charge in [-0.25, -0.2) is 0 Å². The number of benzene rings is 1. The fourth-order valence-corrected chi connectivity index (χ4v) is 3.73. The number of rotatable bonds is 4. The van der Waals surface area contributed by atoms with Crippen molar-refractivity contribution in [3.05, 3.63) is 56.7 Å². The van der Waals surface area contributed by atoms with Gasteiger partial charge in [-0.05, 0) is 64.8 Å². The molecule has 3 rings (SSSR count). The van der Waals surface area contributed by atoms with Gasteiger partial charge in [0.15, 0.2) is 5.78 Å². The summed E-state index contributed by atoms with van der Waals surface area (Å²) in [6.45, 7) is 0.763. The predicted molar refractivity (Wildman–Crippen MR) is 93.4 cm³/mol. The van der Waals surface area contributed by atoms with Crippen molar-refractivity contribution in [3.8, 4) is 0 Å². The highest BCUT2D eigenvalue weighted by molar-refractivity contribution is 9.10. The summed E-state index contributed by atoms with van der Waals surface area (Å²) in [4.78, 5) is 26.6. The quantitative estimate of drug-likeness (QED) is 0.581. The maximum Gasteiger partial charge on any atom is 0.227 e. The van der Waals surface area contributed by atoms with Gasteiger partial charge in [0.2, 0.25) is 5.91 Å². The largest absolute Gasteiger partial charge is 0.312 e. The highest BCUT2D eigenvalue weighted by Gasteiger charge is 2.21. The fourth-order valence-electron chi connectivity index (χ4n) is 2.40. The Hall–Kier alpha value is -1.72. The molecule has 0 N–H and O–H groups in total. The number of hydrogen-bond acceptors (Lipinski definition) is 3. The smallest absolute Gasteiger partial charge is 0.227 e. The molecule has 1 aliphatic heterocycles. The molecule has 0 aliphatic carbocycles. The molecular formula is C17H14BrNO2S. The van der Waals surface area contributed by atoms with Crippen molar-refractivity contribution in [2.24, 2.45) is 0 Å². The maximum atomic E-state index is 12.1. The number of allylic oxidation sites excluding steroid dienone is 1. The summed E-state index contributed by atoms with van der Waals surface area (Å²) in [5.41, 5.74) is 1.49. The number of carbonyl (C=O) groups excluding carboxylic acids is 2. The van der Waals surface area contributed by atoms with E-state index in [0.717, 1.165) is 28.0 Å². The lowest BCUT2D eigenvalue weighted by Crippen LogP contribution is -2.23. The molecule has 22 heavy (non-hydrogen) atoms. The molecule has 0 saturated carbocycles. The molecule has 0 radical (unpaired) electrons. The van der Waals surface area contributed by atoms with E-state index in [2.05, 4.69) is 15.9 Å². The standard InChI is InChI=1S/C17H14BrNO2S/c18-13-10-15(22-11-13)7-8-16(20)12-3-5-14(6-4-12)19-9-1-2-17(19)21/h3-8,10-11H,1-2,9H2/b8-7+. The van der Waals surface area contributed by atoms with Gasteiger partial charge >= 0.3 is 0 Å². The lowest BCUT2D eigenvalue weighted by Gasteiger charge is -2.15. The van der Waals surface area contributed by atoms with Crippen molar-refractivity contribution < 1.29 is 9.59 Å². The Kier molecular flexibility index (Phi) is 4.55. The molecule has 0 bridgehead atoms. The summed E-state index contributed by atoms with van der Waals surface area (Å²) in [5.74, 6) is 0.117. The fraction of sp³-hybridized carbons (Fsp3) is 0.176. The van der Waals surface area contributed by atoms with Crippen LogP contribution in [0.2, 0.25) is 0 Å². The third kappa shape index (κ3) is 3.36. The molecule has 0 atom stereocenters. The van der Waals surface area contributed by atoms with Gasteiger partial charge in [-0.15, -0.1) is 11.3 Å². The summed E-state index contributed by atoms with van der Waals surface area (Å²) in [7, 11) is 0. The number of hydrogen-bond donors (Lipinski definition) is 0. The molecule has 1 aromatic heterocycles. The summed E-state index contributed by atoms with van der Waals surface area (Å²) in [6.07, 6.45) is 4.91. The summed E-state index contributed by atoms with van der Waals surface area (Å²) >= 11 is 4.96. The second kappa shape index (κ2) is 6.58. The molecule has 1 fully saturated rings. The first-order valence-electron chi connectivity index (χ1n) is 7.00. The molecule has 1 saturated heterocycles. The Morgan fingerprint density at radius 3 is 2.64 bits per heavy atom. The highest BCUT2D eigenvalue weighted by atomic mass is 79.9. The van der Waals surface area contributed by atoms with E-state index in [9.17, 15) is 9.59 Å². The van der Waals surface area contributed by atoms with Crippen LogP contribution < -0.4 is 4.90 Å². The van der Waals surface area contributed by atoms with E-state index in [1.165, 1.54) is 0 Å². The zero-order valence-corrected chi connectivity index (χ0v) is 14.2. The van der Waals surface area contributed by atoms with Gasteiger partial charge in [0.25, 0.3) is 0 Å². The number of halogens is 1. The topological polar surface area (TPSA) is 37.4 Å². The van der Waals surface area contributed by atoms with Gasteiger partial charge in [0, 0.05) is 38.9 Å². The van der Waals surface area contributed by atoms with Gasteiger partial charge in [-0.3, -0.25) is 9.59 Å². The zero-order chi connectivity index (χ0) is 15.5. The monoisotopic (exact) mass is 375 g/mol. The van der Waals surface area contributed by atoms with Crippen LogP contribution in [-0.4, -0.2) is 18.2 Å². The maximum absolute atomic E-state index is 12.1. The second-order valence-corrected chi connectivity index (χ2v) is 6.92. The first-order chi connectivity index (χ1) is 10.6. The van der Waals surface area contributed by atoms with Crippen LogP contribution in [0.4, 0.5) is 5.69 Å². The van der Waals surface area contributed by atoms with Gasteiger partial charge in [0.05, 0.1) is 0 Å². The van der Waals surface area contributed by atoms with Crippen LogP contribution in [0.3, 0.4) is 0 Å². The molecule has 3 nitrogen and oxygen atoms in total. The molecule has 2 heterocycles. The molecular weight excluding hydrogens is 362 g/mol. The van der Waals surface area contributed by atoms with Crippen molar-refractivity contribution >= 4 is 50.7 Å². The molecule has 1 aromatic carbocycles. The molecule has 1 amide bonds. The minimum atomic E-state index is -0.0381. The Morgan fingerprint density at radius 1 is 1.27 bits per heavy atom. The van der Waals surface area contributed by atoms with Crippen LogP contribution in [-0.2, 0) is 4.79 Å². The van der Waals surface area contributed by atoms with E-state index in [4.69, 9.17) is 0 Å². The van der Waals surface area contributed by atoms with E-state index in [1.807, 2.05) is 29.7 Å². The first kappa shape index (κ1) is 15.2. The van der Waals surface area contributed by atoms with Crippen molar-refractivity contribution in [2.75, 3.05) is 11.4 Å². The van der Waals surface area contributed by atoms with Gasteiger partial charge in [-0.1, -0.05) is 0 Å². The van der Waals surface area contributed by atoms with E-state index < -0.39 is 0 Å². The zero-order valence-electron chi connectivity index (χ0n) is 11.8. The summed E-state index contributed by atoms with van der Waals surface area (Å²) < 4.78 is 1.02. The first-order valence-corrected chi connectivity index (χ1v) is 8.67. The molecule has 112 valence electrons. The third-order valence-corrected chi connectivity index (χ3v) is 5.18. The second-order valence-electron chi connectivity index (χ2n) is 5.06. The van der Waals surface area contributed by atoms with Gasteiger partial charge in [-0.2, -0.15) is 0 Å². The number of carbonyl (C=O) groups is 2. The summed E-state index contributed by atoms with van der Waals surface area (Å²) in [6, 6.07) is 9.20. The van der Waals surface area contributed by atoms with E-state index >= 15 is 0 Å². The van der Waals surface area contributed by atoms with Gasteiger partial charge < -0.3 is 4.90 Å². The average molecular weight is 376 g/mol. The van der Waals surface area contributed by atoms with Crippen molar-refractivity contribution in [1.82, 2.24) is 0 Å². The Balaban J connectivity index is 1.71. The Labute approximate surface area is 141 Å². The molecule has 0 spiro atoms. The molecule has 2 aromatic rings. The van der Waals surface area contributed by atoms with E-state index in [-0.39, 0.29) is 11.7 Å². The number of anilines is 1. The third-order valence-electron chi connectivity index (χ3n) is 3.52. The van der Waals surface area contributed by atoms with Crippen molar-refractivity contribution in [1.29, 1.82) is 0 Å². The average Bonchev–Trinajstić information content (AvgIpc) is 3.13. The van der Waals surface area contributed by atoms with E-state index in [1.54, 1.807) is 34.4 Å². The number of nitrogens with zero attached hydrogens (tertiary/aromatic N) is 1. The van der Waals surface area contributed by atoms with Crippen molar-refractivity contribution in [3.63, 3.8) is 0 Å². The normalized spacial score (nSPS) is 15.0. The van der Waals surface area contributed by atoms with Crippen LogP contribution >= 0.6 is 27.3 Å².